The highest BCUT2D eigenvalue weighted by Crippen LogP contribution is 2.26. The van der Waals surface area contributed by atoms with Crippen molar-refractivity contribution in [3.8, 4) is 0 Å². The van der Waals surface area contributed by atoms with Gasteiger partial charge in [0.15, 0.2) is 5.82 Å². The lowest BCUT2D eigenvalue weighted by Crippen LogP contribution is -2.22. The summed E-state index contributed by atoms with van der Waals surface area (Å²) < 4.78 is 1.58. The number of aromatic amines is 2. The Balaban J connectivity index is 1.85. The zero-order valence-electron chi connectivity index (χ0n) is 13.8. The van der Waals surface area contributed by atoms with E-state index in [-0.39, 0.29) is 5.69 Å². The fourth-order valence-electron chi connectivity index (χ4n) is 2.16. The summed E-state index contributed by atoms with van der Waals surface area (Å²) in [7, 11) is 0. The Kier molecular flexibility index (Phi) is 5.69. The smallest absolute Gasteiger partial charge is 0.306 e. The summed E-state index contributed by atoms with van der Waals surface area (Å²) >= 11 is 7.62. The van der Waals surface area contributed by atoms with Gasteiger partial charge in [0.2, 0.25) is 5.16 Å². The predicted octanol–water partition coefficient (Wildman–Crippen LogP) is 2.04. The molecule has 2 N–H and O–H groups in total. The molecular weight excluding hydrogens is 376 g/mol. The maximum absolute atomic E-state index is 11.4. The first-order valence-corrected chi connectivity index (χ1v) is 9.11. The van der Waals surface area contributed by atoms with Gasteiger partial charge >= 0.3 is 5.69 Å². The van der Waals surface area contributed by atoms with E-state index in [0.29, 0.717) is 28.2 Å². The number of H-pyrrole nitrogens is 2. The van der Waals surface area contributed by atoms with Gasteiger partial charge in [-0.2, -0.15) is 9.78 Å². The summed E-state index contributed by atoms with van der Waals surface area (Å²) in [6.45, 7) is 1.94. The maximum Gasteiger partial charge on any atom is 0.326 e. The van der Waals surface area contributed by atoms with E-state index < -0.39 is 11.2 Å². The minimum Gasteiger partial charge on any atom is -0.306 e. The summed E-state index contributed by atoms with van der Waals surface area (Å²) in [6, 6.07) is 8.83. The van der Waals surface area contributed by atoms with Crippen LogP contribution >= 0.6 is 23.4 Å². The van der Waals surface area contributed by atoms with E-state index in [1.807, 2.05) is 31.2 Å². The Morgan fingerprint density at radius 1 is 1.27 bits per heavy atom. The summed E-state index contributed by atoms with van der Waals surface area (Å²) in [5.74, 6) is 1.27. The first-order valence-electron chi connectivity index (χ1n) is 7.75. The van der Waals surface area contributed by atoms with Gasteiger partial charge in [0.25, 0.3) is 5.56 Å². The van der Waals surface area contributed by atoms with E-state index in [2.05, 4.69) is 25.3 Å². The van der Waals surface area contributed by atoms with Crippen molar-refractivity contribution < 1.29 is 0 Å². The molecule has 3 rings (SSSR count). The van der Waals surface area contributed by atoms with Crippen LogP contribution in [0.2, 0.25) is 5.02 Å². The molecule has 3 aromatic rings. The number of hydrogen-bond donors (Lipinski definition) is 2. The summed E-state index contributed by atoms with van der Waals surface area (Å²) in [6.07, 6.45) is 2.02. The third kappa shape index (κ3) is 4.30. The van der Waals surface area contributed by atoms with Crippen molar-refractivity contribution in [3.05, 3.63) is 73.3 Å². The molecule has 0 atom stereocenters. The van der Waals surface area contributed by atoms with Gasteiger partial charge in [-0.1, -0.05) is 48.5 Å². The second-order valence-electron chi connectivity index (χ2n) is 5.23. The molecule has 0 saturated heterocycles. The van der Waals surface area contributed by atoms with E-state index in [4.69, 9.17) is 11.6 Å². The average molecular weight is 391 g/mol. The molecule has 2 aromatic heterocycles. The molecular formula is C16H15ClN6O2S. The fraction of sp³-hybridized carbons (Fsp3) is 0.188. The number of hydrogen-bond acceptors (Lipinski definition) is 6. The number of nitrogens with one attached hydrogen (secondary N) is 2. The molecule has 10 heteroatoms. The highest BCUT2D eigenvalue weighted by Gasteiger charge is 2.11. The number of benzene rings is 1. The summed E-state index contributed by atoms with van der Waals surface area (Å²) in [5, 5.41) is 13.9. The second-order valence-corrected chi connectivity index (χ2v) is 6.58. The number of rotatable bonds is 6. The lowest BCUT2D eigenvalue weighted by atomic mass is 10.2. The summed E-state index contributed by atoms with van der Waals surface area (Å²) in [5.41, 5.74) is 0.181. The van der Waals surface area contributed by atoms with E-state index in [1.165, 1.54) is 24.0 Å². The molecule has 0 aliphatic carbocycles. The van der Waals surface area contributed by atoms with Gasteiger partial charge in [-0.25, -0.2) is 4.79 Å². The molecule has 1 aromatic carbocycles. The van der Waals surface area contributed by atoms with E-state index in [0.717, 1.165) is 5.56 Å². The predicted molar refractivity (Wildman–Crippen MR) is 101 cm³/mol. The van der Waals surface area contributed by atoms with Gasteiger partial charge in [-0.15, -0.1) is 10.2 Å². The Hall–Kier alpha value is -2.65. The molecule has 0 aliphatic heterocycles. The van der Waals surface area contributed by atoms with Gasteiger partial charge in [-0.05, 0) is 11.6 Å². The molecule has 2 heterocycles. The molecule has 8 nitrogen and oxygen atoms in total. The van der Waals surface area contributed by atoms with Crippen molar-refractivity contribution in [2.75, 3.05) is 0 Å². The minimum atomic E-state index is -0.591. The van der Waals surface area contributed by atoms with Gasteiger partial charge in [0.05, 0.1) is 11.9 Å². The minimum absolute atomic E-state index is 0.288. The van der Waals surface area contributed by atoms with Crippen LogP contribution in [0.3, 0.4) is 0 Å². The van der Waals surface area contributed by atoms with E-state index in [1.54, 1.807) is 4.68 Å². The monoisotopic (exact) mass is 390 g/mol. The van der Waals surface area contributed by atoms with Crippen molar-refractivity contribution in [2.45, 2.75) is 24.3 Å². The van der Waals surface area contributed by atoms with Crippen molar-refractivity contribution in [2.24, 2.45) is 5.10 Å². The lowest BCUT2D eigenvalue weighted by Gasteiger charge is -2.04. The molecule has 0 aliphatic rings. The van der Waals surface area contributed by atoms with Crippen molar-refractivity contribution in [3.63, 3.8) is 0 Å². The van der Waals surface area contributed by atoms with Crippen LogP contribution in [0.1, 0.15) is 24.0 Å². The maximum atomic E-state index is 11.4. The Bertz CT molecular complexity index is 1030. The van der Waals surface area contributed by atoms with Gasteiger partial charge in [0, 0.05) is 23.3 Å². The van der Waals surface area contributed by atoms with Crippen LogP contribution in [0.15, 0.2) is 50.2 Å². The van der Waals surface area contributed by atoms with Crippen molar-refractivity contribution in [1.82, 2.24) is 24.8 Å². The SMILES string of the molecule is CCc1nnc(SCc2ccccc2Cl)n1/N=C/c1cc(=O)[nH]c(=O)[nH]1. The third-order valence-electron chi connectivity index (χ3n) is 3.40. The van der Waals surface area contributed by atoms with Gasteiger partial charge < -0.3 is 4.98 Å². The number of aryl methyl sites for hydroxylation is 1. The fourth-order valence-corrected chi connectivity index (χ4v) is 3.35. The van der Waals surface area contributed by atoms with E-state index >= 15 is 0 Å². The zero-order chi connectivity index (χ0) is 18.5. The highest BCUT2D eigenvalue weighted by molar-refractivity contribution is 7.98. The Labute approximate surface area is 157 Å². The van der Waals surface area contributed by atoms with Gasteiger partial charge in [-0.3, -0.25) is 9.78 Å². The molecule has 0 saturated carbocycles. The van der Waals surface area contributed by atoms with Crippen LogP contribution in [0.4, 0.5) is 0 Å². The van der Waals surface area contributed by atoms with Crippen LogP contribution in [-0.2, 0) is 12.2 Å². The molecule has 0 bridgehead atoms. The molecule has 0 unspecified atom stereocenters. The third-order valence-corrected chi connectivity index (χ3v) is 4.74. The largest absolute Gasteiger partial charge is 0.326 e. The van der Waals surface area contributed by atoms with E-state index in [9.17, 15) is 9.59 Å². The molecule has 0 amide bonds. The summed E-state index contributed by atoms with van der Waals surface area (Å²) in [4.78, 5) is 27.3. The molecule has 26 heavy (non-hydrogen) atoms. The normalized spacial score (nSPS) is 11.3. The van der Waals surface area contributed by atoms with Crippen LogP contribution in [0, 0.1) is 0 Å². The molecule has 134 valence electrons. The second kappa shape index (κ2) is 8.15. The van der Waals surface area contributed by atoms with Crippen molar-refractivity contribution in [1.29, 1.82) is 0 Å². The molecule has 0 radical (unpaired) electrons. The number of nitrogens with zero attached hydrogens (tertiary/aromatic N) is 4. The quantitative estimate of drug-likeness (QED) is 0.494. The standard InChI is InChI=1S/C16H15ClN6O2S/c1-2-13-21-22-16(26-9-10-5-3-4-6-12(10)17)23(13)18-8-11-7-14(24)20-15(25)19-11/h3-8H,2,9H2,1H3,(H2,19,20,24,25)/b18-8+. The topological polar surface area (TPSA) is 109 Å². The number of thioether (sulfide) groups is 1. The first kappa shape index (κ1) is 18.2. The van der Waals surface area contributed by atoms with Crippen LogP contribution < -0.4 is 11.2 Å². The number of aromatic nitrogens is 5. The average Bonchev–Trinajstić information content (AvgIpc) is 3.00. The number of halogens is 1. The van der Waals surface area contributed by atoms with Crippen LogP contribution in [0.25, 0.3) is 0 Å². The van der Waals surface area contributed by atoms with Crippen LogP contribution in [-0.4, -0.2) is 31.1 Å². The Morgan fingerprint density at radius 3 is 2.81 bits per heavy atom. The first-order chi connectivity index (χ1) is 12.6. The Morgan fingerprint density at radius 2 is 2.08 bits per heavy atom. The molecule has 0 spiro atoms. The van der Waals surface area contributed by atoms with Crippen molar-refractivity contribution >= 4 is 29.6 Å². The lowest BCUT2D eigenvalue weighted by molar-refractivity contribution is 0.721. The zero-order valence-corrected chi connectivity index (χ0v) is 15.3. The molecule has 0 fully saturated rings. The van der Waals surface area contributed by atoms with Gasteiger partial charge in [0.1, 0.15) is 0 Å². The highest BCUT2D eigenvalue weighted by atomic mass is 35.5. The van der Waals surface area contributed by atoms with Crippen LogP contribution in [0.5, 0.6) is 0 Å².